The molecule has 1 fully saturated rings. The first-order chi connectivity index (χ1) is 7.31. The molecule has 2 rings (SSSR count). The quantitative estimate of drug-likeness (QED) is 0.781. The van der Waals surface area contributed by atoms with Crippen LogP contribution in [0.2, 0.25) is 0 Å². The molecule has 0 N–H and O–H groups in total. The summed E-state index contributed by atoms with van der Waals surface area (Å²) in [5.74, 6) is 2.12. The number of pyridine rings is 1. The molecule has 0 radical (unpaired) electrons. The maximum absolute atomic E-state index is 4.20. The topological polar surface area (TPSA) is 16.1 Å². The van der Waals surface area contributed by atoms with Gasteiger partial charge in [-0.25, -0.2) is 0 Å². The number of likely N-dealkylation sites (tertiary alicyclic amines) is 1. The van der Waals surface area contributed by atoms with E-state index >= 15 is 0 Å². The first kappa shape index (κ1) is 11.0. The third kappa shape index (κ3) is 2.52. The SMILES string of the molecule is CSC[C@H]1C[C@@H](c2cccnc2)N(C)C1. The zero-order chi connectivity index (χ0) is 10.7. The Kier molecular flexibility index (Phi) is 3.65. The molecule has 0 spiro atoms. The second kappa shape index (κ2) is 4.99. The summed E-state index contributed by atoms with van der Waals surface area (Å²) in [5, 5.41) is 0. The summed E-state index contributed by atoms with van der Waals surface area (Å²) in [5.41, 5.74) is 1.36. The molecule has 0 aliphatic carbocycles. The van der Waals surface area contributed by atoms with Crippen LogP contribution in [0.5, 0.6) is 0 Å². The Morgan fingerprint density at radius 1 is 1.60 bits per heavy atom. The Bertz CT molecular complexity index is 302. The minimum atomic E-state index is 0.579. The van der Waals surface area contributed by atoms with E-state index in [0.717, 1.165) is 5.92 Å². The van der Waals surface area contributed by atoms with E-state index in [1.54, 1.807) is 0 Å². The fourth-order valence-corrected chi connectivity index (χ4v) is 3.14. The minimum Gasteiger partial charge on any atom is -0.299 e. The fraction of sp³-hybridized carbons (Fsp3) is 0.583. The lowest BCUT2D eigenvalue weighted by molar-refractivity contribution is 0.314. The van der Waals surface area contributed by atoms with Gasteiger partial charge in [0, 0.05) is 25.0 Å². The molecule has 3 heteroatoms. The lowest BCUT2D eigenvalue weighted by atomic mass is 10.0. The van der Waals surface area contributed by atoms with Gasteiger partial charge in [-0.15, -0.1) is 0 Å². The number of aromatic nitrogens is 1. The van der Waals surface area contributed by atoms with Crippen LogP contribution in [0.25, 0.3) is 0 Å². The van der Waals surface area contributed by atoms with E-state index in [1.807, 2.05) is 30.2 Å². The Labute approximate surface area is 96.1 Å². The third-order valence-electron chi connectivity index (χ3n) is 3.11. The number of nitrogens with zero attached hydrogens (tertiary/aromatic N) is 2. The van der Waals surface area contributed by atoms with Crippen molar-refractivity contribution in [2.24, 2.45) is 5.92 Å². The van der Waals surface area contributed by atoms with Crippen molar-refractivity contribution < 1.29 is 0 Å². The Morgan fingerprint density at radius 2 is 2.47 bits per heavy atom. The maximum Gasteiger partial charge on any atom is 0.0363 e. The summed E-state index contributed by atoms with van der Waals surface area (Å²) in [6.45, 7) is 1.22. The monoisotopic (exact) mass is 222 g/mol. The summed E-state index contributed by atoms with van der Waals surface area (Å²) in [7, 11) is 2.22. The van der Waals surface area contributed by atoms with Gasteiger partial charge in [0.1, 0.15) is 0 Å². The van der Waals surface area contributed by atoms with Crippen molar-refractivity contribution >= 4 is 11.8 Å². The molecule has 2 nitrogen and oxygen atoms in total. The molecule has 82 valence electrons. The minimum absolute atomic E-state index is 0.579. The summed E-state index contributed by atoms with van der Waals surface area (Å²) >= 11 is 1.96. The van der Waals surface area contributed by atoms with Gasteiger partial charge in [-0.05, 0) is 43.0 Å². The van der Waals surface area contributed by atoms with Crippen molar-refractivity contribution in [3.63, 3.8) is 0 Å². The molecule has 1 aliphatic heterocycles. The zero-order valence-corrected chi connectivity index (χ0v) is 10.2. The summed E-state index contributed by atoms with van der Waals surface area (Å²) in [4.78, 5) is 6.66. The maximum atomic E-state index is 4.20. The Hall–Kier alpha value is -0.540. The normalized spacial score (nSPS) is 27.1. The largest absolute Gasteiger partial charge is 0.299 e. The highest BCUT2D eigenvalue weighted by atomic mass is 32.2. The molecule has 2 atom stereocenters. The van der Waals surface area contributed by atoms with Crippen molar-refractivity contribution in [1.82, 2.24) is 9.88 Å². The summed E-state index contributed by atoms with van der Waals surface area (Å²) < 4.78 is 0. The molecular formula is C12H18N2S. The predicted molar refractivity (Wildman–Crippen MR) is 66.1 cm³/mol. The molecule has 15 heavy (non-hydrogen) atoms. The van der Waals surface area contributed by atoms with Crippen LogP contribution in [0.15, 0.2) is 24.5 Å². The number of hydrogen-bond donors (Lipinski definition) is 0. The third-order valence-corrected chi connectivity index (χ3v) is 3.91. The van der Waals surface area contributed by atoms with Gasteiger partial charge >= 0.3 is 0 Å². The standard InChI is InChI=1S/C12H18N2S/c1-14-8-10(9-15-2)6-12(14)11-4-3-5-13-7-11/h3-5,7,10,12H,6,8-9H2,1-2H3/t10-,12-/m0/s1. The Morgan fingerprint density at radius 3 is 3.13 bits per heavy atom. The molecule has 0 aromatic carbocycles. The molecule has 1 aromatic heterocycles. The van der Waals surface area contributed by atoms with E-state index < -0.39 is 0 Å². The first-order valence-corrected chi connectivity index (χ1v) is 6.79. The highest BCUT2D eigenvalue weighted by molar-refractivity contribution is 7.98. The van der Waals surface area contributed by atoms with Gasteiger partial charge in [-0.2, -0.15) is 11.8 Å². The van der Waals surface area contributed by atoms with Crippen LogP contribution >= 0.6 is 11.8 Å². The van der Waals surface area contributed by atoms with Crippen LogP contribution < -0.4 is 0 Å². The highest BCUT2D eigenvalue weighted by Gasteiger charge is 2.29. The van der Waals surface area contributed by atoms with Crippen molar-refractivity contribution in [1.29, 1.82) is 0 Å². The van der Waals surface area contributed by atoms with Gasteiger partial charge in [0.2, 0.25) is 0 Å². The van der Waals surface area contributed by atoms with Crippen LogP contribution in [-0.4, -0.2) is 35.5 Å². The van der Waals surface area contributed by atoms with Crippen molar-refractivity contribution in [3.05, 3.63) is 30.1 Å². The average molecular weight is 222 g/mol. The Balaban J connectivity index is 2.05. The van der Waals surface area contributed by atoms with Gasteiger partial charge < -0.3 is 0 Å². The molecule has 0 bridgehead atoms. The van der Waals surface area contributed by atoms with Crippen molar-refractivity contribution in [2.45, 2.75) is 12.5 Å². The molecule has 2 heterocycles. The molecular weight excluding hydrogens is 204 g/mol. The molecule has 0 amide bonds. The van der Waals surface area contributed by atoms with Crippen LogP contribution in [0.1, 0.15) is 18.0 Å². The lowest BCUT2D eigenvalue weighted by Crippen LogP contribution is -2.18. The zero-order valence-electron chi connectivity index (χ0n) is 9.39. The molecule has 0 saturated carbocycles. The lowest BCUT2D eigenvalue weighted by Gasteiger charge is -2.18. The average Bonchev–Trinajstić information content (AvgIpc) is 2.61. The predicted octanol–water partition coefficient (Wildman–Crippen LogP) is 2.44. The van der Waals surface area contributed by atoms with Crippen LogP contribution in [0, 0.1) is 5.92 Å². The fourth-order valence-electron chi connectivity index (χ4n) is 2.42. The second-order valence-corrected chi connectivity index (χ2v) is 5.21. The second-order valence-electron chi connectivity index (χ2n) is 4.30. The van der Waals surface area contributed by atoms with Gasteiger partial charge in [-0.3, -0.25) is 9.88 Å². The van der Waals surface area contributed by atoms with E-state index in [4.69, 9.17) is 0 Å². The van der Waals surface area contributed by atoms with E-state index in [9.17, 15) is 0 Å². The van der Waals surface area contributed by atoms with Gasteiger partial charge in [0.25, 0.3) is 0 Å². The smallest absolute Gasteiger partial charge is 0.0363 e. The van der Waals surface area contributed by atoms with Gasteiger partial charge in [0.05, 0.1) is 0 Å². The summed E-state index contributed by atoms with van der Waals surface area (Å²) in [6.07, 6.45) is 7.32. The summed E-state index contributed by atoms with van der Waals surface area (Å²) in [6, 6.07) is 4.80. The highest BCUT2D eigenvalue weighted by Crippen LogP contribution is 2.34. The van der Waals surface area contributed by atoms with Crippen LogP contribution in [-0.2, 0) is 0 Å². The van der Waals surface area contributed by atoms with Crippen molar-refractivity contribution in [3.8, 4) is 0 Å². The molecule has 0 unspecified atom stereocenters. The van der Waals surface area contributed by atoms with E-state index in [-0.39, 0.29) is 0 Å². The van der Waals surface area contributed by atoms with Crippen LogP contribution in [0.3, 0.4) is 0 Å². The number of hydrogen-bond acceptors (Lipinski definition) is 3. The number of rotatable bonds is 3. The van der Waals surface area contributed by atoms with Gasteiger partial charge in [-0.1, -0.05) is 6.07 Å². The van der Waals surface area contributed by atoms with E-state index in [2.05, 4.69) is 29.3 Å². The number of thioether (sulfide) groups is 1. The first-order valence-electron chi connectivity index (χ1n) is 5.40. The molecule has 1 aliphatic rings. The molecule has 1 saturated heterocycles. The van der Waals surface area contributed by atoms with Crippen LogP contribution in [0.4, 0.5) is 0 Å². The van der Waals surface area contributed by atoms with Gasteiger partial charge in [0.15, 0.2) is 0 Å². The molecule has 1 aromatic rings. The van der Waals surface area contributed by atoms with Crippen molar-refractivity contribution in [2.75, 3.05) is 25.6 Å². The van der Waals surface area contributed by atoms with E-state index in [1.165, 1.54) is 24.3 Å². The van der Waals surface area contributed by atoms with E-state index in [0.29, 0.717) is 6.04 Å².